The Morgan fingerprint density at radius 2 is 1.63 bits per heavy atom. The van der Waals surface area contributed by atoms with E-state index in [-0.39, 0.29) is 18.2 Å². The summed E-state index contributed by atoms with van der Waals surface area (Å²) >= 11 is 0. The van der Waals surface area contributed by atoms with Gasteiger partial charge in [-0.15, -0.1) is 0 Å². The second-order valence-corrected chi connectivity index (χ2v) is 6.75. The van der Waals surface area contributed by atoms with E-state index in [9.17, 15) is 14.4 Å². The molecule has 3 rings (SSSR count). The van der Waals surface area contributed by atoms with Gasteiger partial charge in [-0.2, -0.15) is 0 Å². The first-order valence-corrected chi connectivity index (χ1v) is 9.00. The molecule has 0 bridgehead atoms. The van der Waals surface area contributed by atoms with Gasteiger partial charge in [0.25, 0.3) is 5.91 Å². The number of hydrogen-bond acceptors (Lipinski definition) is 3. The molecule has 0 radical (unpaired) electrons. The normalized spacial score (nSPS) is 13.5. The second kappa shape index (κ2) is 8.49. The van der Waals surface area contributed by atoms with Crippen molar-refractivity contribution in [3.63, 3.8) is 0 Å². The number of nitrogens with one attached hydrogen (secondary N) is 2. The number of rotatable bonds is 7. The Hall–Kier alpha value is -3.15. The molecule has 0 saturated heterocycles. The van der Waals surface area contributed by atoms with Gasteiger partial charge in [-0.25, -0.2) is 0 Å². The first-order valence-electron chi connectivity index (χ1n) is 9.00. The highest BCUT2D eigenvalue weighted by molar-refractivity contribution is 6.04. The van der Waals surface area contributed by atoms with Gasteiger partial charge < -0.3 is 15.7 Å². The Kier molecular flexibility index (Phi) is 5.86. The molecule has 1 saturated carbocycles. The molecule has 6 heteroatoms. The molecular weight excluding hydrogens is 344 g/mol. The second-order valence-electron chi connectivity index (χ2n) is 6.75. The lowest BCUT2D eigenvalue weighted by Gasteiger charge is -2.25. The molecule has 0 aromatic heterocycles. The van der Waals surface area contributed by atoms with Crippen LogP contribution >= 0.6 is 0 Å². The molecular formula is C21H22N2O4. The molecule has 3 N–H and O–H groups in total. The topological polar surface area (TPSA) is 95.5 Å². The summed E-state index contributed by atoms with van der Waals surface area (Å²) in [5.41, 5.74) is 3.28. The fourth-order valence-corrected chi connectivity index (χ4v) is 2.98. The van der Waals surface area contributed by atoms with Crippen LogP contribution in [0, 0.1) is 0 Å². The zero-order valence-corrected chi connectivity index (χ0v) is 14.9. The lowest BCUT2D eigenvalue weighted by atomic mass is 9.80. The summed E-state index contributed by atoms with van der Waals surface area (Å²) in [6.07, 6.45) is 3.83. The van der Waals surface area contributed by atoms with Crippen LogP contribution in [0.15, 0.2) is 48.5 Å². The summed E-state index contributed by atoms with van der Waals surface area (Å²) in [5.74, 6) is -0.979. The third-order valence-electron chi connectivity index (χ3n) is 4.76. The number of anilines is 1. The lowest BCUT2D eigenvalue weighted by Crippen LogP contribution is -2.30. The molecule has 0 spiro atoms. The molecule has 0 heterocycles. The highest BCUT2D eigenvalue weighted by Gasteiger charge is 2.19. The zero-order chi connectivity index (χ0) is 19.2. The van der Waals surface area contributed by atoms with E-state index in [0.717, 1.165) is 5.56 Å². The highest BCUT2D eigenvalue weighted by Crippen LogP contribution is 2.36. The largest absolute Gasteiger partial charge is 0.480 e. The molecule has 1 aliphatic rings. The van der Waals surface area contributed by atoms with E-state index in [0.29, 0.717) is 17.2 Å². The summed E-state index contributed by atoms with van der Waals surface area (Å²) in [4.78, 5) is 34.4. The third-order valence-corrected chi connectivity index (χ3v) is 4.76. The van der Waals surface area contributed by atoms with Gasteiger partial charge in [0, 0.05) is 11.3 Å². The van der Waals surface area contributed by atoms with Gasteiger partial charge in [0.1, 0.15) is 6.54 Å². The first kappa shape index (κ1) is 18.6. The highest BCUT2D eigenvalue weighted by atomic mass is 16.4. The standard InChI is InChI=1S/C21H22N2O4/c24-19(22-13-20(25)26)12-14-4-10-18(11-5-14)23-21(27)17-8-6-16(7-9-17)15-2-1-3-15/h4-11,15H,1-3,12-13H2,(H,22,24)(H,23,27)(H,25,26). The van der Waals surface area contributed by atoms with E-state index in [4.69, 9.17) is 5.11 Å². The molecule has 2 aromatic carbocycles. The molecule has 140 valence electrons. The fourth-order valence-electron chi connectivity index (χ4n) is 2.98. The van der Waals surface area contributed by atoms with Crippen LogP contribution < -0.4 is 10.6 Å². The van der Waals surface area contributed by atoms with E-state index in [1.807, 2.05) is 24.3 Å². The summed E-state index contributed by atoms with van der Waals surface area (Å²) in [7, 11) is 0. The quantitative estimate of drug-likeness (QED) is 0.702. The summed E-state index contributed by atoms with van der Waals surface area (Å²) in [6, 6.07) is 14.7. The Morgan fingerprint density at radius 1 is 0.963 bits per heavy atom. The Bertz CT molecular complexity index is 824. The van der Waals surface area contributed by atoms with E-state index < -0.39 is 12.5 Å². The number of hydrogen-bond donors (Lipinski definition) is 3. The van der Waals surface area contributed by atoms with E-state index >= 15 is 0 Å². The van der Waals surface area contributed by atoms with Crippen molar-refractivity contribution in [2.75, 3.05) is 11.9 Å². The average molecular weight is 366 g/mol. The number of carbonyl (C=O) groups is 3. The van der Waals surface area contributed by atoms with Gasteiger partial charge in [-0.05, 0) is 54.2 Å². The van der Waals surface area contributed by atoms with Crippen molar-refractivity contribution in [3.05, 3.63) is 65.2 Å². The van der Waals surface area contributed by atoms with Crippen LogP contribution in [0.4, 0.5) is 5.69 Å². The van der Waals surface area contributed by atoms with Crippen LogP contribution in [0.5, 0.6) is 0 Å². The Labute approximate surface area is 157 Å². The molecule has 1 fully saturated rings. The Morgan fingerprint density at radius 3 is 2.19 bits per heavy atom. The molecule has 1 aliphatic carbocycles. The lowest BCUT2D eigenvalue weighted by molar-refractivity contribution is -0.137. The van der Waals surface area contributed by atoms with Gasteiger partial charge in [-0.1, -0.05) is 30.7 Å². The smallest absolute Gasteiger partial charge is 0.322 e. The minimum absolute atomic E-state index is 0.0874. The molecule has 2 amide bonds. The predicted octanol–water partition coefficient (Wildman–Crippen LogP) is 2.95. The van der Waals surface area contributed by atoms with Crippen LogP contribution in [0.3, 0.4) is 0 Å². The third kappa shape index (κ3) is 5.17. The fraction of sp³-hybridized carbons (Fsp3) is 0.286. The van der Waals surface area contributed by atoms with E-state index in [1.165, 1.54) is 24.8 Å². The minimum atomic E-state index is -1.08. The van der Waals surface area contributed by atoms with Crippen molar-refractivity contribution in [3.8, 4) is 0 Å². The molecule has 2 aromatic rings. The maximum atomic E-state index is 12.4. The van der Waals surface area contributed by atoms with Gasteiger partial charge in [0.2, 0.25) is 5.91 Å². The van der Waals surface area contributed by atoms with Crippen molar-refractivity contribution in [1.82, 2.24) is 5.32 Å². The Balaban J connectivity index is 1.53. The molecule has 0 unspecified atom stereocenters. The van der Waals surface area contributed by atoms with Crippen LogP contribution in [-0.4, -0.2) is 29.4 Å². The number of carbonyl (C=O) groups excluding carboxylic acids is 2. The number of benzene rings is 2. The number of carboxylic acids is 1. The van der Waals surface area contributed by atoms with Crippen LogP contribution in [0.25, 0.3) is 0 Å². The zero-order valence-electron chi connectivity index (χ0n) is 14.9. The van der Waals surface area contributed by atoms with E-state index in [2.05, 4.69) is 10.6 Å². The first-order chi connectivity index (χ1) is 13.0. The average Bonchev–Trinajstić information content (AvgIpc) is 2.61. The van der Waals surface area contributed by atoms with Crippen LogP contribution in [0.2, 0.25) is 0 Å². The predicted molar refractivity (Wildman–Crippen MR) is 102 cm³/mol. The number of carboxylic acid groups (broad SMARTS) is 1. The molecule has 6 nitrogen and oxygen atoms in total. The summed E-state index contributed by atoms with van der Waals surface area (Å²) < 4.78 is 0. The van der Waals surface area contributed by atoms with E-state index in [1.54, 1.807) is 24.3 Å². The minimum Gasteiger partial charge on any atom is -0.480 e. The molecule has 27 heavy (non-hydrogen) atoms. The SMILES string of the molecule is O=C(O)CNC(=O)Cc1ccc(NC(=O)c2ccc(C3CCC3)cc2)cc1. The van der Waals surface area contributed by atoms with Crippen molar-refractivity contribution >= 4 is 23.5 Å². The van der Waals surface area contributed by atoms with Crippen molar-refractivity contribution in [2.45, 2.75) is 31.6 Å². The summed E-state index contributed by atoms with van der Waals surface area (Å²) in [6.45, 7) is -0.396. The maximum Gasteiger partial charge on any atom is 0.322 e. The van der Waals surface area contributed by atoms with Gasteiger partial charge in [0.05, 0.1) is 6.42 Å². The maximum absolute atomic E-state index is 12.4. The van der Waals surface area contributed by atoms with Crippen molar-refractivity contribution in [1.29, 1.82) is 0 Å². The number of aliphatic carboxylic acids is 1. The van der Waals surface area contributed by atoms with Gasteiger partial charge >= 0.3 is 5.97 Å². The monoisotopic (exact) mass is 366 g/mol. The van der Waals surface area contributed by atoms with Gasteiger partial charge in [0.15, 0.2) is 0 Å². The molecule has 0 aliphatic heterocycles. The number of amides is 2. The van der Waals surface area contributed by atoms with Crippen LogP contribution in [0.1, 0.15) is 46.7 Å². The van der Waals surface area contributed by atoms with Gasteiger partial charge in [-0.3, -0.25) is 14.4 Å². The van der Waals surface area contributed by atoms with Crippen molar-refractivity contribution in [2.24, 2.45) is 0 Å². The molecule has 0 atom stereocenters. The van der Waals surface area contributed by atoms with Crippen molar-refractivity contribution < 1.29 is 19.5 Å². The summed E-state index contributed by atoms with van der Waals surface area (Å²) in [5, 5.41) is 13.7. The van der Waals surface area contributed by atoms with Crippen LogP contribution in [-0.2, 0) is 16.0 Å².